The van der Waals surface area contributed by atoms with Gasteiger partial charge >= 0.3 is 6.09 Å². The summed E-state index contributed by atoms with van der Waals surface area (Å²) in [6, 6.07) is 12.3. The van der Waals surface area contributed by atoms with Crippen molar-refractivity contribution >= 4 is 12.0 Å². The highest BCUT2D eigenvalue weighted by Gasteiger charge is 2.22. The molecule has 1 aliphatic heterocycles. The van der Waals surface area contributed by atoms with Crippen molar-refractivity contribution in [1.29, 1.82) is 0 Å². The monoisotopic (exact) mass is 397 g/mol. The second kappa shape index (κ2) is 8.19. The molecule has 1 aliphatic rings. The summed E-state index contributed by atoms with van der Waals surface area (Å²) in [5, 5.41) is 6.01. The molecule has 2 aromatic carbocycles. The summed E-state index contributed by atoms with van der Waals surface area (Å²) in [5.74, 6) is -0.908. The lowest BCUT2D eigenvalue weighted by Gasteiger charge is -2.10. The third kappa shape index (κ3) is 4.30. The van der Waals surface area contributed by atoms with Crippen molar-refractivity contribution in [3.63, 3.8) is 0 Å². The number of imide groups is 1. The Kier molecular flexibility index (Phi) is 5.30. The number of carbonyl (C=O) groups excluding carboxylic acids is 2. The first-order chi connectivity index (χ1) is 14.1. The number of nitrogens with zero attached hydrogens (tertiary/aromatic N) is 2. The van der Waals surface area contributed by atoms with E-state index in [1.807, 2.05) is 0 Å². The van der Waals surface area contributed by atoms with Crippen LogP contribution in [0, 0.1) is 5.82 Å². The van der Waals surface area contributed by atoms with Crippen molar-refractivity contribution in [1.82, 2.24) is 15.5 Å². The molecule has 0 unspecified atom stereocenters. The van der Waals surface area contributed by atoms with Gasteiger partial charge in [-0.25, -0.2) is 9.18 Å². The number of rotatable bonds is 4. The summed E-state index contributed by atoms with van der Waals surface area (Å²) < 4.78 is 29.3. The van der Waals surface area contributed by atoms with E-state index in [0.717, 1.165) is 0 Å². The Balaban J connectivity index is 1.48. The highest BCUT2D eigenvalue weighted by molar-refractivity contribution is 6.03. The van der Waals surface area contributed by atoms with Gasteiger partial charge in [0.2, 0.25) is 5.82 Å². The molecule has 29 heavy (non-hydrogen) atoms. The van der Waals surface area contributed by atoms with E-state index in [1.54, 1.807) is 24.3 Å². The number of aromatic nitrogens is 2. The quantitative estimate of drug-likeness (QED) is 0.721. The van der Waals surface area contributed by atoms with Crippen LogP contribution >= 0.6 is 0 Å². The molecule has 1 atom stereocenters. The average molecular weight is 397 g/mol. The minimum atomic E-state index is -0.836. The second-order valence-electron chi connectivity index (χ2n) is 6.33. The highest BCUT2D eigenvalue weighted by Crippen LogP contribution is 2.24. The molecule has 0 saturated carbocycles. The van der Waals surface area contributed by atoms with Gasteiger partial charge in [-0.05, 0) is 24.3 Å². The predicted molar refractivity (Wildman–Crippen MR) is 98.3 cm³/mol. The molecule has 1 saturated heterocycles. The molecule has 9 heteroatoms. The van der Waals surface area contributed by atoms with Gasteiger partial charge in [-0.1, -0.05) is 29.4 Å². The Bertz CT molecular complexity index is 1050. The maximum absolute atomic E-state index is 13.9. The molecule has 0 bridgehead atoms. The standard InChI is InChI=1S/C20H16FN3O5/c21-16-7-2-1-6-15(16)19-22-17(24-29-19)12-4-3-5-13(10-12)18(25)23-20(26)28-14-8-9-27-11-14/h1-7,10,14H,8-9,11H2,(H,23,25,26)/t14-/m0/s1. The van der Waals surface area contributed by atoms with Gasteiger partial charge in [0.25, 0.3) is 11.8 Å². The molecular weight excluding hydrogens is 381 g/mol. The maximum Gasteiger partial charge on any atom is 0.414 e. The number of benzene rings is 2. The van der Waals surface area contributed by atoms with Crippen molar-refractivity contribution < 1.29 is 28.0 Å². The number of amides is 2. The summed E-state index contributed by atoms with van der Waals surface area (Å²) >= 11 is 0. The minimum Gasteiger partial charge on any atom is -0.443 e. The number of halogens is 1. The van der Waals surface area contributed by atoms with E-state index in [1.165, 1.54) is 24.3 Å². The van der Waals surface area contributed by atoms with E-state index < -0.39 is 17.8 Å². The van der Waals surface area contributed by atoms with Crippen LogP contribution in [0.3, 0.4) is 0 Å². The molecule has 2 amide bonds. The van der Waals surface area contributed by atoms with Crippen LogP contribution in [0.4, 0.5) is 9.18 Å². The lowest BCUT2D eigenvalue weighted by atomic mass is 10.1. The van der Waals surface area contributed by atoms with Crippen molar-refractivity contribution in [2.75, 3.05) is 13.2 Å². The first-order valence-electron chi connectivity index (χ1n) is 8.89. The molecule has 1 N–H and O–H groups in total. The fourth-order valence-electron chi connectivity index (χ4n) is 2.84. The lowest BCUT2D eigenvalue weighted by Crippen LogP contribution is -2.34. The smallest absolute Gasteiger partial charge is 0.414 e. The Morgan fingerprint density at radius 2 is 2.03 bits per heavy atom. The molecule has 2 heterocycles. The van der Waals surface area contributed by atoms with Gasteiger partial charge in [-0.2, -0.15) is 4.98 Å². The van der Waals surface area contributed by atoms with E-state index in [9.17, 15) is 14.0 Å². The molecule has 4 rings (SSSR count). The van der Waals surface area contributed by atoms with Crippen LogP contribution in [0.15, 0.2) is 53.1 Å². The molecule has 0 spiro atoms. The SMILES string of the molecule is O=C(NC(=O)c1cccc(-c2noc(-c3ccccc3F)n2)c1)O[C@H]1CCOC1. The van der Waals surface area contributed by atoms with E-state index in [-0.39, 0.29) is 28.9 Å². The number of carbonyl (C=O) groups is 2. The van der Waals surface area contributed by atoms with Gasteiger partial charge in [0, 0.05) is 17.5 Å². The number of alkyl carbamates (subject to hydrolysis) is 1. The summed E-state index contributed by atoms with van der Waals surface area (Å²) in [5.41, 5.74) is 0.861. The van der Waals surface area contributed by atoms with Crippen LogP contribution < -0.4 is 5.32 Å². The summed E-state index contributed by atoms with van der Waals surface area (Å²) in [4.78, 5) is 28.4. The van der Waals surface area contributed by atoms with Crippen LogP contribution in [-0.2, 0) is 9.47 Å². The van der Waals surface area contributed by atoms with Gasteiger partial charge in [0.15, 0.2) is 0 Å². The Labute approximate surface area is 164 Å². The predicted octanol–water partition coefficient (Wildman–Crippen LogP) is 3.20. The molecule has 3 aromatic rings. The van der Waals surface area contributed by atoms with Crippen LogP contribution in [0.2, 0.25) is 0 Å². The molecule has 148 valence electrons. The van der Waals surface area contributed by atoms with Crippen molar-refractivity contribution in [3.05, 3.63) is 59.9 Å². The molecule has 0 radical (unpaired) electrons. The Morgan fingerprint density at radius 3 is 2.83 bits per heavy atom. The largest absolute Gasteiger partial charge is 0.443 e. The van der Waals surface area contributed by atoms with Gasteiger partial charge in [-0.3, -0.25) is 10.1 Å². The van der Waals surface area contributed by atoms with Crippen LogP contribution in [0.5, 0.6) is 0 Å². The van der Waals surface area contributed by atoms with E-state index in [4.69, 9.17) is 14.0 Å². The minimum absolute atomic E-state index is 0.0234. The van der Waals surface area contributed by atoms with Gasteiger partial charge in [-0.15, -0.1) is 0 Å². The third-order valence-corrected chi connectivity index (χ3v) is 4.29. The Morgan fingerprint density at radius 1 is 1.17 bits per heavy atom. The lowest BCUT2D eigenvalue weighted by molar-refractivity contribution is 0.0752. The van der Waals surface area contributed by atoms with Crippen molar-refractivity contribution in [2.24, 2.45) is 0 Å². The third-order valence-electron chi connectivity index (χ3n) is 4.29. The van der Waals surface area contributed by atoms with Gasteiger partial charge in [0.05, 0.1) is 18.8 Å². The molecule has 8 nitrogen and oxygen atoms in total. The zero-order valence-corrected chi connectivity index (χ0v) is 15.1. The topological polar surface area (TPSA) is 104 Å². The second-order valence-corrected chi connectivity index (χ2v) is 6.33. The average Bonchev–Trinajstić information content (AvgIpc) is 3.40. The van der Waals surface area contributed by atoms with E-state index in [2.05, 4.69) is 15.5 Å². The summed E-state index contributed by atoms with van der Waals surface area (Å²) in [7, 11) is 0. The number of nitrogens with one attached hydrogen (secondary N) is 1. The molecule has 1 fully saturated rings. The molecule has 1 aromatic heterocycles. The zero-order chi connectivity index (χ0) is 20.2. The normalized spacial score (nSPS) is 15.8. The van der Waals surface area contributed by atoms with Crippen LogP contribution in [0.25, 0.3) is 22.8 Å². The van der Waals surface area contributed by atoms with Crippen molar-refractivity contribution in [2.45, 2.75) is 12.5 Å². The van der Waals surface area contributed by atoms with Gasteiger partial charge in [0.1, 0.15) is 11.9 Å². The fraction of sp³-hybridized carbons (Fsp3) is 0.200. The summed E-state index contributed by atoms with van der Waals surface area (Å²) in [6.07, 6.45) is -0.596. The van der Waals surface area contributed by atoms with E-state index in [0.29, 0.717) is 25.2 Å². The molecular formula is C20H16FN3O5. The summed E-state index contributed by atoms with van der Waals surface area (Å²) in [6.45, 7) is 0.840. The van der Waals surface area contributed by atoms with Gasteiger partial charge < -0.3 is 14.0 Å². The maximum atomic E-state index is 13.9. The zero-order valence-electron chi connectivity index (χ0n) is 15.1. The number of hydrogen-bond acceptors (Lipinski definition) is 7. The van der Waals surface area contributed by atoms with E-state index >= 15 is 0 Å². The molecule has 0 aliphatic carbocycles. The fourth-order valence-corrected chi connectivity index (χ4v) is 2.84. The first-order valence-corrected chi connectivity index (χ1v) is 8.89. The van der Waals surface area contributed by atoms with Crippen molar-refractivity contribution in [3.8, 4) is 22.8 Å². The first kappa shape index (κ1) is 18.8. The van der Waals surface area contributed by atoms with Crippen LogP contribution in [-0.4, -0.2) is 41.5 Å². The highest BCUT2D eigenvalue weighted by atomic mass is 19.1. The Hall–Kier alpha value is -3.59. The number of ether oxygens (including phenoxy) is 2. The number of hydrogen-bond donors (Lipinski definition) is 1. The van der Waals surface area contributed by atoms with Crippen LogP contribution in [0.1, 0.15) is 16.8 Å².